The van der Waals surface area contributed by atoms with E-state index in [9.17, 15) is 43.5 Å². The second-order valence-electron chi connectivity index (χ2n) is 21.0. The third-order valence-corrected chi connectivity index (χ3v) is 15.3. The molecule has 4 bridgehead atoms. The molecule has 2 saturated heterocycles. The van der Waals surface area contributed by atoms with E-state index in [0.717, 1.165) is 23.3 Å². The number of rotatable bonds is 22. The monoisotopic (exact) mass is 1230 g/mol. The highest BCUT2D eigenvalue weighted by Gasteiger charge is 2.64. The molecular formula is C56H75BrClFN8O15. The SMILES string of the molecule is C=C(CBr)C(=O)OCCCCCC(=O)N[C@H](C(=O)N[C@@H](CCCNC(N)=O)C(=O)Nc1ccc(NC(=O)O[C@H]2CC(=O)N(C)c3cc(cc(OC)c3Cl)C/C(C)=C/C=C/[C@@H](OC)[C@@]3(O)C[C@H](OC(=O)N3)[C@@H](C)[C@@H]3O[C@@]23C)c(F)c1)C(C)C. The number of carbonyl (C=O) groups excluding carboxylic acids is 8. The molecule has 9 N–H and O–H groups in total. The number of nitrogens with zero attached hydrogens (tertiary/aromatic N) is 1. The maximum Gasteiger partial charge on any atom is 0.412 e. The van der Waals surface area contributed by atoms with Gasteiger partial charge in [0.15, 0.2) is 5.72 Å². The lowest BCUT2D eigenvalue weighted by atomic mass is 9.83. The smallest absolute Gasteiger partial charge is 0.412 e. The number of methoxy groups -OCH3 is 2. The van der Waals surface area contributed by atoms with Crippen LogP contribution in [-0.2, 0) is 54.1 Å². The summed E-state index contributed by atoms with van der Waals surface area (Å²) in [7, 11) is 4.31. The van der Waals surface area contributed by atoms with Gasteiger partial charge >= 0.3 is 24.2 Å². The fraction of sp³-hybridized carbons (Fsp3) is 0.536. The molecule has 0 spiro atoms. The Hall–Kier alpha value is -6.80. The number of benzene rings is 2. The maximum absolute atomic E-state index is 16.0. The highest BCUT2D eigenvalue weighted by molar-refractivity contribution is 9.09. The van der Waals surface area contributed by atoms with Crippen LogP contribution in [0.1, 0.15) is 91.5 Å². The number of ether oxygens (including phenoxy) is 6. The van der Waals surface area contributed by atoms with Crippen molar-refractivity contribution >= 4 is 92.4 Å². The zero-order valence-electron chi connectivity index (χ0n) is 47.3. The normalized spacial score (nSPS) is 24.3. The first-order valence-electron chi connectivity index (χ1n) is 26.7. The Kier molecular flexibility index (Phi) is 24.1. The van der Waals surface area contributed by atoms with Gasteiger partial charge in [0.25, 0.3) is 0 Å². The van der Waals surface area contributed by atoms with E-state index in [2.05, 4.69) is 54.4 Å². The van der Waals surface area contributed by atoms with Gasteiger partial charge < -0.3 is 65.4 Å². The van der Waals surface area contributed by atoms with Crippen LogP contribution in [0.2, 0.25) is 5.02 Å². The van der Waals surface area contributed by atoms with E-state index in [1.807, 2.05) is 13.0 Å². The number of alkyl halides is 1. The summed E-state index contributed by atoms with van der Waals surface area (Å²) in [6, 6.07) is 3.66. The van der Waals surface area contributed by atoms with Crippen LogP contribution in [-0.4, -0.2) is 140 Å². The third kappa shape index (κ3) is 18.1. The van der Waals surface area contributed by atoms with E-state index in [-0.39, 0.29) is 71.9 Å². The average Bonchev–Trinajstić information content (AvgIpc) is 3.49. The van der Waals surface area contributed by atoms with Gasteiger partial charge in [-0.3, -0.25) is 29.8 Å². The molecular weight excluding hydrogens is 1160 g/mol. The fourth-order valence-electron chi connectivity index (χ4n) is 9.51. The number of carbonyl (C=O) groups is 8. The predicted molar refractivity (Wildman–Crippen MR) is 306 cm³/mol. The van der Waals surface area contributed by atoms with E-state index < -0.39 is 125 Å². The molecule has 23 nitrogen and oxygen atoms in total. The van der Waals surface area contributed by atoms with Crippen LogP contribution >= 0.6 is 27.5 Å². The summed E-state index contributed by atoms with van der Waals surface area (Å²) < 4.78 is 50.3. The summed E-state index contributed by atoms with van der Waals surface area (Å²) in [4.78, 5) is 106. The molecule has 9 atom stereocenters. The number of urea groups is 1. The van der Waals surface area contributed by atoms with Crippen molar-refractivity contribution in [3.8, 4) is 5.75 Å². The van der Waals surface area contributed by atoms with Gasteiger partial charge in [-0.25, -0.2) is 23.6 Å². The lowest BCUT2D eigenvalue weighted by Crippen LogP contribution is -2.63. The minimum absolute atomic E-state index is 0.0259. The third-order valence-electron chi connectivity index (χ3n) is 14.3. The van der Waals surface area contributed by atoms with Crippen LogP contribution in [0.25, 0.3) is 0 Å². The Balaban J connectivity index is 1.32. The number of hydrogen-bond donors (Lipinski definition) is 8. The number of epoxide rings is 1. The van der Waals surface area contributed by atoms with Crippen LogP contribution in [0.15, 0.2) is 66.3 Å². The Morgan fingerprint density at radius 3 is 2.44 bits per heavy atom. The van der Waals surface area contributed by atoms with Crippen molar-refractivity contribution in [3.05, 3.63) is 82.7 Å². The quantitative estimate of drug-likeness (QED) is 0.0154. The van der Waals surface area contributed by atoms with Crippen LogP contribution in [0.4, 0.5) is 35.8 Å². The number of esters is 1. The van der Waals surface area contributed by atoms with Crippen molar-refractivity contribution in [2.24, 2.45) is 17.6 Å². The van der Waals surface area contributed by atoms with Crippen molar-refractivity contribution in [2.45, 2.75) is 140 Å². The minimum atomic E-state index is -1.93. The van der Waals surface area contributed by atoms with Crippen molar-refractivity contribution in [1.82, 2.24) is 21.3 Å². The molecule has 0 aliphatic carbocycles. The summed E-state index contributed by atoms with van der Waals surface area (Å²) in [6.45, 7) is 12.4. The summed E-state index contributed by atoms with van der Waals surface area (Å²) in [5, 5.41) is 27.5. The zero-order chi connectivity index (χ0) is 60.6. The summed E-state index contributed by atoms with van der Waals surface area (Å²) in [6.07, 6.45) is 0.211. The van der Waals surface area contributed by atoms with E-state index in [0.29, 0.717) is 25.7 Å². The molecule has 0 radical (unpaired) electrons. The topological polar surface area (TPSA) is 317 Å². The Morgan fingerprint density at radius 2 is 1.78 bits per heavy atom. The first-order valence-corrected chi connectivity index (χ1v) is 28.2. The molecule has 82 heavy (non-hydrogen) atoms. The highest BCUT2D eigenvalue weighted by atomic mass is 79.9. The number of nitrogens with two attached hydrogens (primary N) is 1. The van der Waals surface area contributed by atoms with Crippen LogP contribution in [0.3, 0.4) is 0 Å². The summed E-state index contributed by atoms with van der Waals surface area (Å²) in [5.41, 5.74) is 3.54. The molecule has 2 aromatic carbocycles. The number of fused-ring (bicyclic) bond motifs is 5. The molecule has 3 aliphatic rings. The van der Waals surface area contributed by atoms with Crippen LogP contribution < -0.4 is 47.3 Å². The van der Waals surface area contributed by atoms with Crippen LogP contribution in [0.5, 0.6) is 5.75 Å². The summed E-state index contributed by atoms with van der Waals surface area (Å²) >= 11 is 9.95. The number of alkyl carbamates (subject to hydrolysis) is 1. The van der Waals surface area contributed by atoms with Gasteiger partial charge in [-0.1, -0.05) is 78.7 Å². The lowest BCUT2D eigenvalue weighted by Gasteiger charge is -2.42. The molecule has 5 rings (SSSR count). The molecule has 2 fully saturated rings. The van der Waals surface area contributed by atoms with Gasteiger partial charge in [0.1, 0.15) is 52.6 Å². The van der Waals surface area contributed by atoms with Gasteiger partial charge in [0.05, 0.1) is 37.6 Å². The van der Waals surface area contributed by atoms with Crippen LogP contribution in [0, 0.1) is 17.7 Å². The fourth-order valence-corrected chi connectivity index (χ4v) is 10.1. The zero-order valence-corrected chi connectivity index (χ0v) is 49.6. The minimum Gasteiger partial charge on any atom is -0.495 e. The molecule has 3 aliphatic heterocycles. The number of hydrogen-bond acceptors (Lipinski definition) is 15. The molecule has 3 heterocycles. The number of aliphatic hydroxyl groups is 1. The first kappa shape index (κ1) is 66.0. The van der Waals surface area contributed by atoms with Gasteiger partial charge in [0.2, 0.25) is 23.6 Å². The molecule has 0 aromatic heterocycles. The van der Waals surface area contributed by atoms with E-state index in [1.165, 1.54) is 32.2 Å². The number of anilines is 3. The van der Waals surface area contributed by atoms with Crippen molar-refractivity contribution in [1.29, 1.82) is 0 Å². The molecule has 2 aromatic rings. The molecule has 0 unspecified atom stereocenters. The number of allylic oxidation sites excluding steroid dienone is 3. The Labute approximate surface area is 489 Å². The van der Waals surface area contributed by atoms with Gasteiger partial charge in [-0.15, -0.1) is 0 Å². The Morgan fingerprint density at radius 1 is 1.05 bits per heavy atom. The molecule has 8 amide bonds. The number of primary amides is 1. The Bertz CT molecular complexity index is 2770. The average molecular weight is 1230 g/mol. The lowest BCUT2D eigenvalue weighted by molar-refractivity contribution is -0.142. The largest absolute Gasteiger partial charge is 0.495 e. The van der Waals surface area contributed by atoms with E-state index in [4.69, 9.17) is 45.8 Å². The van der Waals surface area contributed by atoms with E-state index >= 15 is 4.39 Å². The maximum atomic E-state index is 16.0. The number of nitrogens with one attached hydrogen (secondary N) is 6. The highest BCUT2D eigenvalue weighted by Crippen LogP contribution is 2.49. The first-order chi connectivity index (χ1) is 38.7. The number of amides is 8. The molecule has 450 valence electrons. The molecule has 0 saturated carbocycles. The molecule has 26 heteroatoms. The number of halogens is 3. The number of unbranched alkanes of at least 4 members (excludes halogenated alkanes) is 2. The van der Waals surface area contributed by atoms with Crippen molar-refractivity contribution < 1.29 is 76.3 Å². The van der Waals surface area contributed by atoms with Gasteiger partial charge in [0, 0.05) is 56.1 Å². The summed E-state index contributed by atoms with van der Waals surface area (Å²) in [5.74, 6) is -4.81. The van der Waals surface area contributed by atoms with Crippen molar-refractivity contribution in [2.75, 3.05) is 55.3 Å². The van der Waals surface area contributed by atoms with E-state index in [1.54, 1.807) is 52.0 Å². The van der Waals surface area contributed by atoms with Crippen molar-refractivity contribution in [3.63, 3.8) is 0 Å². The van der Waals surface area contributed by atoms with Gasteiger partial charge in [-0.2, -0.15) is 0 Å². The second kappa shape index (κ2) is 30.0. The standard InChI is InChI=1S/C56H75BrClFN8O15/c1-30(2)47(65-44(68)18-11-10-12-22-79-51(72)32(4)29-57)50(71)63-38(16-14-21-61-52(60)73)49(70)62-35-19-20-37(36(59)26-35)64-53(74)81-43-27-45(69)67(7)39-24-34(25-40(77-8)46(39)58)23-31(3)15-13-17-42(78-9)56(76)28-41(80-54(75)66-56)33(5)48-55(43,6)82-48/h13,15,17,19-20,24-26,30,33,38,41-43,47-48,76H,4,10-12,14,16,18,21-23,27-29H2,1-3,5-9H3,(H,62,70)(H,63,71)(H,64,74)(H,65,68)(H,66,75)(H3,60,61,73)/b17-13+,31-15+/t33-,38+,41+,42-,43+,47+,48+,55+,56+/m1/s1. The second-order valence-corrected chi connectivity index (χ2v) is 21.9. The predicted octanol–water partition coefficient (Wildman–Crippen LogP) is 6.58. The van der Waals surface area contributed by atoms with Gasteiger partial charge in [-0.05, 0) is 94.2 Å².